The van der Waals surface area contributed by atoms with Crippen LogP contribution < -0.4 is 22.5 Å². The van der Waals surface area contributed by atoms with Gasteiger partial charge in [0.15, 0.2) is 0 Å². The molecular formula is C16H41N4O14P. The molecule has 214 valence electrons. The monoisotopic (exact) mass is 544 g/mol. The summed E-state index contributed by atoms with van der Waals surface area (Å²) in [6, 6.07) is 0. The Labute approximate surface area is 203 Å². The number of nitrogens with two attached hydrogens (primary N) is 3. The molecule has 0 saturated carbocycles. The van der Waals surface area contributed by atoms with Crippen LogP contribution in [0, 0.1) is 0 Å². The van der Waals surface area contributed by atoms with E-state index >= 15 is 0 Å². The van der Waals surface area contributed by atoms with Crippen LogP contribution in [0.4, 0.5) is 0 Å². The summed E-state index contributed by atoms with van der Waals surface area (Å²) in [4.78, 5) is 61.0. The van der Waals surface area contributed by atoms with Crippen LogP contribution in [0.25, 0.3) is 0 Å². The summed E-state index contributed by atoms with van der Waals surface area (Å²) in [5, 5.41) is 40.1. The number of aliphatic carboxylic acids is 5. The van der Waals surface area contributed by atoms with E-state index in [4.69, 9.17) is 76.5 Å². The molecular weight excluding hydrogens is 503 g/mol. The summed E-state index contributed by atoms with van der Waals surface area (Å²) in [7, 11) is -4.26. The normalized spacial score (nSPS) is 8.17. The minimum Gasteiger partial charge on any atom is -0.481 e. The fourth-order valence-corrected chi connectivity index (χ4v) is 0.844. The molecule has 0 fully saturated rings. The number of phosphoric ester groups is 1. The topological polar surface area (TPSA) is 343 Å². The van der Waals surface area contributed by atoms with Crippen LogP contribution >= 0.6 is 7.82 Å². The second-order valence-corrected chi connectivity index (χ2v) is 6.27. The zero-order chi connectivity index (χ0) is 30.0. The number of hydrogen-bond donors (Lipinski definition) is 11. The van der Waals surface area contributed by atoms with Crippen molar-refractivity contribution in [2.24, 2.45) is 17.2 Å². The maximum absolute atomic E-state index is 9.81. The molecule has 0 rings (SSSR count). The molecule has 18 nitrogen and oxygen atoms in total. The van der Waals surface area contributed by atoms with Gasteiger partial charge in [0.05, 0.1) is 6.61 Å². The molecule has 0 saturated heterocycles. The van der Waals surface area contributed by atoms with Crippen molar-refractivity contribution in [2.75, 3.05) is 39.3 Å². The molecule has 0 aromatic heterocycles. The van der Waals surface area contributed by atoms with Gasteiger partial charge in [-0.05, 0) is 0 Å². The highest BCUT2D eigenvalue weighted by Crippen LogP contribution is 2.34. The molecule has 35 heavy (non-hydrogen) atoms. The molecule has 0 aromatic carbocycles. The van der Waals surface area contributed by atoms with Crippen LogP contribution in [0.3, 0.4) is 0 Å². The van der Waals surface area contributed by atoms with Gasteiger partial charge in [-0.3, -0.25) is 28.5 Å². The van der Waals surface area contributed by atoms with E-state index < -0.39 is 37.7 Å². The molecule has 0 radical (unpaired) electrons. The van der Waals surface area contributed by atoms with Crippen molar-refractivity contribution in [1.82, 2.24) is 5.32 Å². The van der Waals surface area contributed by atoms with E-state index in [9.17, 15) is 4.57 Å². The Hall–Kier alpha value is -2.70. The van der Waals surface area contributed by atoms with Gasteiger partial charge in [0.2, 0.25) is 0 Å². The average Bonchev–Trinajstić information content (AvgIpc) is 2.58. The molecule has 0 aliphatic rings. The lowest BCUT2D eigenvalue weighted by atomic mass is 10.6. The van der Waals surface area contributed by atoms with Crippen molar-refractivity contribution in [1.29, 1.82) is 0 Å². The highest BCUT2D eigenvalue weighted by Gasteiger charge is 2.11. The number of rotatable bonds is 7. The van der Waals surface area contributed by atoms with E-state index in [1.165, 1.54) is 0 Å². The molecule has 0 spiro atoms. The molecule has 0 amide bonds. The summed E-state index contributed by atoms with van der Waals surface area (Å²) in [6.07, 6.45) is 0. The quantitative estimate of drug-likeness (QED) is 0.122. The SMILES string of the molecule is CC(=O)O.CC(=O)O.CC(=O)O.CC(=O)O.CC(=O)O.NCCNCCN.NCCOP(=O)(O)O. The maximum atomic E-state index is 9.81. The predicted molar refractivity (Wildman–Crippen MR) is 125 cm³/mol. The van der Waals surface area contributed by atoms with Crippen LogP contribution in [0.1, 0.15) is 34.6 Å². The van der Waals surface area contributed by atoms with E-state index in [0.29, 0.717) is 13.1 Å². The van der Waals surface area contributed by atoms with Gasteiger partial charge in [-0.2, -0.15) is 0 Å². The van der Waals surface area contributed by atoms with E-state index in [0.717, 1.165) is 47.7 Å². The van der Waals surface area contributed by atoms with Crippen molar-refractivity contribution in [2.45, 2.75) is 34.6 Å². The Kier molecular flexibility index (Phi) is 58.7. The van der Waals surface area contributed by atoms with Crippen molar-refractivity contribution in [3.63, 3.8) is 0 Å². The Morgan fingerprint density at radius 1 is 0.629 bits per heavy atom. The zero-order valence-corrected chi connectivity index (χ0v) is 21.3. The molecule has 19 heteroatoms. The molecule has 0 atom stereocenters. The highest BCUT2D eigenvalue weighted by molar-refractivity contribution is 7.46. The largest absolute Gasteiger partial charge is 0.481 e. The number of phosphoric acid groups is 1. The molecule has 0 unspecified atom stereocenters. The first-order valence-corrected chi connectivity index (χ1v) is 10.7. The summed E-state index contributed by atoms with van der Waals surface area (Å²) in [5.41, 5.74) is 15.2. The smallest absolute Gasteiger partial charge is 0.469 e. The molecule has 14 N–H and O–H groups in total. The number of carbonyl (C=O) groups is 5. The fourth-order valence-electron chi connectivity index (χ4n) is 0.501. The van der Waals surface area contributed by atoms with E-state index in [2.05, 4.69) is 9.84 Å². The number of hydrogen-bond acceptors (Lipinski definition) is 11. The summed E-state index contributed by atoms with van der Waals surface area (Å²) in [6.45, 7) is 8.56. The average molecular weight is 544 g/mol. The summed E-state index contributed by atoms with van der Waals surface area (Å²) >= 11 is 0. The Morgan fingerprint density at radius 2 is 0.829 bits per heavy atom. The van der Waals surface area contributed by atoms with Gasteiger partial charge >= 0.3 is 7.82 Å². The van der Waals surface area contributed by atoms with Crippen molar-refractivity contribution in [3.05, 3.63) is 0 Å². The Morgan fingerprint density at radius 3 is 0.914 bits per heavy atom. The number of carboxylic acid groups (broad SMARTS) is 5. The fraction of sp³-hybridized carbons (Fsp3) is 0.688. The minimum atomic E-state index is -4.26. The lowest BCUT2D eigenvalue weighted by Crippen LogP contribution is -2.27. The van der Waals surface area contributed by atoms with Crippen LogP contribution in [0.2, 0.25) is 0 Å². The third kappa shape index (κ3) is 677. The first-order chi connectivity index (χ1) is 15.6. The van der Waals surface area contributed by atoms with Gasteiger partial charge in [-0.25, -0.2) is 4.57 Å². The van der Waals surface area contributed by atoms with E-state index in [1.807, 2.05) is 0 Å². The first-order valence-electron chi connectivity index (χ1n) is 9.12. The maximum Gasteiger partial charge on any atom is 0.469 e. The highest BCUT2D eigenvalue weighted by atomic mass is 31.2. The van der Waals surface area contributed by atoms with Crippen LogP contribution in [-0.4, -0.2) is 104 Å². The van der Waals surface area contributed by atoms with Gasteiger partial charge in [0.1, 0.15) is 0 Å². The van der Waals surface area contributed by atoms with Gasteiger partial charge in [-0.15, -0.1) is 0 Å². The lowest BCUT2D eigenvalue weighted by Gasteiger charge is -2.00. The van der Waals surface area contributed by atoms with E-state index in [-0.39, 0.29) is 13.2 Å². The molecule has 0 aliphatic carbocycles. The molecule has 0 heterocycles. The van der Waals surface area contributed by atoms with Gasteiger partial charge in [0.25, 0.3) is 29.8 Å². The summed E-state index contributed by atoms with van der Waals surface area (Å²) < 4.78 is 13.7. The van der Waals surface area contributed by atoms with E-state index in [1.54, 1.807) is 0 Å². The second kappa shape index (κ2) is 41.5. The zero-order valence-electron chi connectivity index (χ0n) is 20.4. The third-order valence-electron chi connectivity index (χ3n) is 1.02. The van der Waals surface area contributed by atoms with Crippen molar-refractivity contribution < 1.29 is 68.4 Å². The molecule has 0 bridgehead atoms. The summed E-state index contributed by atoms with van der Waals surface area (Å²) in [5.74, 6) is -4.17. The van der Waals surface area contributed by atoms with Crippen molar-refractivity contribution in [3.8, 4) is 0 Å². The Balaban J connectivity index is -0.0000000536. The molecule has 0 aromatic rings. The van der Waals surface area contributed by atoms with Crippen LogP contribution in [0.5, 0.6) is 0 Å². The van der Waals surface area contributed by atoms with Crippen LogP contribution in [0.15, 0.2) is 0 Å². The van der Waals surface area contributed by atoms with Crippen LogP contribution in [-0.2, 0) is 33.1 Å². The predicted octanol–water partition coefficient (Wildman–Crippen LogP) is -2.00. The van der Waals surface area contributed by atoms with Gasteiger partial charge in [0, 0.05) is 67.3 Å². The van der Waals surface area contributed by atoms with Crippen molar-refractivity contribution >= 4 is 37.7 Å². The number of carboxylic acids is 5. The lowest BCUT2D eigenvalue weighted by molar-refractivity contribution is -0.135. The standard InChI is InChI=1S/C4H13N3.C2H8NO4P.5C2H4O2/c5-1-3-7-4-2-6;3-1-2-7-8(4,5)6;5*1-2(3)4/h7H,1-6H2;1-3H2,(H2,4,5,6);5*1H3,(H,3,4). The molecule has 0 aliphatic heterocycles. The van der Waals surface area contributed by atoms with Gasteiger partial charge in [-0.1, -0.05) is 0 Å². The number of nitrogens with one attached hydrogen (secondary N) is 1. The second-order valence-electron chi connectivity index (χ2n) is 5.03. The minimum absolute atomic E-state index is 0.107. The first kappa shape index (κ1) is 49.4. The Bertz CT molecular complexity index is 465. The van der Waals surface area contributed by atoms with Gasteiger partial charge < -0.3 is 57.8 Å². The third-order valence-corrected chi connectivity index (χ3v) is 1.54.